The molecule has 30 heavy (non-hydrogen) atoms. The zero-order valence-electron chi connectivity index (χ0n) is 17.7. The Bertz CT molecular complexity index is 826. The lowest BCUT2D eigenvalue weighted by atomic mass is 9.81. The van der Waals surface area contributed by atoms with Crippen LogP contribution >= 0.6 is 11.3 Å². The molecular formula is C25H32N2O2S. The summed E-state index contributed by atoms with van der Waals surface area (Å²) in [7, 11) is 0. The normalized spacial score (nSPS) is 23.8. The molecule has 5 heteroatoms. The van der Waals surface area contributed by atoms with Gasteiger partial charge in [-0.25, -0.2) is 0 Å². The van der Waals surface area contributed by atoms with Crippen LogP contribution in [0.15, 0.2) is 47.2 Å². The molecule has 5 rings (SSSR count). The lowest BCUT2D eigenvalue weighted by molar-refractivity contribution is -0.149. The van der Waals surface area contributed by atoms with Gasteiger partial charge in [-0.3, -0.25) is 9.69 Å². The first-order valence-corrected chi connectivity index (χ1v) is 12.4. The number of amides is 1. The summed E-state index contributed by atoms with van der Waals surface area (Å²) in [5, 5.41) is 4.13. The van der Waals surface area contributed by atoms with Crippen molar-refractivity contribution >= 4 is 17.2 Å². The Morgan fingerprint density at radius 1 is 1.07 bits per heavy atom. The predicted molar refractivity (Wildman–Crippen MR) is 121 cm³/mol. The molecule has 1 amide bonds. The maximum absolute atomic E-state index is 12.7. The number of thiophene rings is 1. The summed E-state index contributed by atoms with van der Waals surface area (Å²) >= 11 is 1.66. The van der Waals surface area contributed by atoms with E-state index in [0.717, 1.165) is 63.5 Å². The highest BCUT2D eigenvalue weighted by Crippen LogP contribution is 2.40. The predicted octanol–water partition coefficient (Wildman–Crippen LogP) is 4.50. The number of likely N-dealkylation sites (tertiary alicyclic amines) is 1. The highest BCUT2D eigenvalue weighted by Gasteiger charge is 2.44. The topological polar surface area (TPSA) is 32.8 Å². The monoisotopic (exact) mass is 424 g/mol. The maximum atomic E-state index is 12.7. The third-order valence-electron chi connectivity index (χ3n) is 7.12. The Labute approximate surface area is 183 Å². The van der Waals surface area contributed by atoms with Gasteiger partial charge < -0.3 is 9.64 Å². The number of hydrogen-bond donors (Lipinski definition) is 0. The van der Waals surface area contributed by atoms with Gasteiger partial charge in [0.15, 0.2) is 0 Å². The van der Waals surface area contributed by atoms with Crippen LogP contribution in [0.1, 0.15) is 49.7 Å². The Kier molecular flexibility index (Phi) is 5.94. The zero-order valence-corrected chi connectivity index (χ0v) is 18.5. The first kappa shape index (κ1) is 20.2. The molecule has 1 atom stereocenters. The van der Waals surface area contributed by atoms with E-state index in [1.807, 2.05) is 5.38 Å². The summed E-state index contributed by atoms with van der Waals surface area (Å²) in [5.74, 6) is 0.263. The SMILES string of the molecule is O=C(Cc1ccsc1)N1CCC2(CC1)CC(N(Cc1ccccc1)C1CC1)CCO2. The number of carbonyl (C=O) groups excluding carboxylic acids is 1. The van der Waals surface area contributed by atoms with E-state index in [1.165, 1.54) is 18.4 Å². The Morgan fingerprint density at radius 3 is 2.57 bits per heavy atom. The minimum atomic E-state index is -0.0358. The molecule has 2 aromatic rings. The highest BCUT2D eigenvalue weighted by atomic mass is 32.1. The number of benzene rings is 1. The lowest BCUT2D eigenvalue weighted by Crippen LogP contribution is -2.54. The number of piperidine rings is 1. The van der Waals surface area contributed by atoms with E-state index in [-0.39, 0.29) is 11.5 Å². The van der Waals surface area contributed by atoms with Gasteiger partial charge in [-0.1, -0.05) is 30.3 Å². The van der Waals surface area contributed by atoms with Crippen LogP contribution < -0.4 is 0 Å². The number of hydrogen-bond acceptors (Lipinski definition) is 4. The van der Waals surface area contributed by atoms with E-state index >= 15 is 0 Å². The number of nitrogens with zero attached hydrogens (tertiary/aromatic N) is 2. The molecule has 160 valence electrons. The molecule has 2 aliphatic heterocycles. The third-order valence-corrected chi connectivity index (χ3v) is 7.85. The van der Waals surface area contributed by atoms with Gasteiger partial charge in [0.1, 0.15) is 0 Å². The summed E-state index contributed by atoms with van der Waals surface area (Å²) in [6.07, 6.45) is 7.40. The molecule has 1 saturated carbocycles. The molecule has 0 radical (unpaired) electrons. The fraction of sp³-hybridized carbons (Fsp3) is 0.560. The van der Waals surface area contributed by atoms with Crippen molar-refractivity contribution in [3.63, 3.8) is 0 Å². The molecule has 3 heterocycles. The van der Waals surface area contributed by atoms with Gasteiger partial charge in [0.2, 0.25) is 5.91 Å². The standard InChI is InChI=1S/C25H32N2O2S/c28-24(16-21-9-15-30-19-21)26-12-10-25(11-13-26)17-23(8-14-29-25)27(22-6-7-22)18-20-4-2-1-3-5-20/h1-5,9,15,19,22-23H,6-8,10-14,16-18H2. The number of carbonyl (C=O) groups is 1. The molecule has 1 aromatic carbocycles. The van der Waals surface area contributed by atoms with Crippen LogP contribution in [0.25, 0.3) is 0 Å². The molecule has 3 aliphatic rings. The van der Waals surface area contributed by atoms with E-state index in [4.69, 9.17) is 4.74 Å². The second kappa shape index (κ2) is 8.81. The summed E-state index contributed by atoms with van der Waals surface area (Å²) in [4.78, 5) is 17.5. The third kappa shape index (κ3) is 4.63. The minimum Gasteiger partial charge on any atom is -0.375 e. The molecule has 1 aliphatic carbocycles. The molecule has 1 spiro atoms. The Morgan fingerprint density at radius 2 is 1.87 bits per heavy atom. The van der Waals surface area contributed by atoms with Gasteiger partial charge in [-0.15, -0.1) is 0 Å². The summed E-state index contributed by atoms with van der Waals surface area (Å²) in [6, 6.07) is 14.3. The van der Waals surface area contributed by atoms with Crippen LogP contribution in [0.3, 0.4) is 0 Å². The van der Waals surface area contributed by atoms with Crippen LogP contribution in [0.2, 0.25) is 0 Å². The number of ether oxygens (including phenoxy) is 1. The van der Waals surface area contributed by atoms with Crippen molar-refractivity contribution in [2.24, 2.45) is 0 Å². The average Bonchev–Trinajstić information content (AvgIpc) is 3.49. The van der Waals surface area contributed by atoms with Gasteiger partial charge in [-0.05, 0) is 66.5 Å². The van der Waals surface area contributed by atoms with Crippen LogP contribution in [0.4, 0.5) is 0 Å². The van der Waals surface area contributed by atoms with Crippen molar-refractivity contribution < 1.29 is 9.53 Å². The highest BCUT2D eigenvalue weighted by molar-refractivity contribution is 7.08. The van der Waals surface area contributed by atoms with E-state index in [9.17, 15) is 4.79 Å². The molecule has 0 bridgehead atoms. The van der Waals surface area contributed by atoms with Gasteiger partial charge in [0.25, 0.3) is 0 Å². The quantitative estimate of drug-likeness (QED) is 0.685. The number of rotatable bonds is 6. The molecule has 1 aromatic heterocycles. The summed E-state index contributed by atoms with van der Waals surface area (Å²) < 4.78 is 6.41. The molecule has 3 fully saturated rings. The van der Waals surface area contributed by atoms with Crippen molar-refractivity contribution in [3.05, 3.63) is 58.3 Å². The second-order valence-corrected chi connectivity index (χ2v) is 10.0. The van der Waals surface area contributed by atoms with Crippen molar-refractivity contribution in [2.45, 2.75) is 69.2 Å². The van der Waals surface area contributed by atoms with Gasteiger partial charge in [0.05, 0.1) is 12.0 Å². The van der Waals surface area contributed by atoms with Crippen molar-refractivity contribution in [2.75, 3.05) is 19.7 Å². The molecule has 0 N–H and O–H groups in total. The van der Waals surface area contributed by atoms with Gasteiger partial charge in [0, 0.05) is 38.3 Å². The zero-order chi connectivity index (χ0) is 20.4. The minimum absolute atomic E-state index is 0.0358. The smallest absolute Gasteiger partial charge is 0.227 e. The first-order chi connectivity index (χ1) is 14.7. The van der Waals surface area contributed by atoms with Crippen LogP contribution in [0.5, 0.6) is 0 Å². The van der Waals surface area contributed by atoms with E-state index < -0.39 is 0 Å². The Balaban J connectivity index is 1.20. The largest absolute Gasteiger partial charge is 0.375 e. The molecule has 4 nitrogen and oxygen atoms in total. The molecular weight excluding hydrogens is 392 g/mol. The Hall–Kier alpha value is -1.69. The second-order valence-electron chi connectivity index (χ2n) is 9.26. The van der Waals surface area contributed by atoms with E-state index in [0.29, 0.717) is 12.5 Å². The van der Waals surface area contributed by atoms with Crippen molar-refractivity contribution in [1.82, 2.24) is 9.80 Å². The maximum Gasteiger partial charge on any atom is 0.227 e. The lowest BCUT2D eigenvalue weighted by Gasteiger charge is -2.48. The van der Waals surface area contributed by atoms with E-state index in [2.05, 4.69) is 51.6 Å². The van der Waals surface area contributed by atoms with Crippen LogP contribution in [-0.4, -0.2) is 53.1 Å². The summed E-state index contributed by atoms with van der Waals surface area (Å²) in [5.41, 5.74) is 2.52. The fourth-order valence-electron chi connectivity index (χ4n) is 5.23. The fourth-order valence-corrected chi connectivity index (χ4v) is 5.90. The molecule has 2 saturated heterocycles. The van der Waals surface area contributed by atoms with E-state index in [1.54, 1.807) is 11.3 Å². The van der Waals surface area contributed by atoms with Crippen molar-refractivity contribution in [1.29, 1.82) is 0 Å². The van der Waals surface area contributed by atoms with Crippen LogP contribution in [0, 0.1) is 0 Å². The van der Waals surface area contributed by atoms with Crippen LogP contribution in [-0.2, 0) is 22.5 Å². The van der Waals surface area contributed by atoms with Gasteiger partial charge >= 0.3 is 0 Å². The summed E-state index contributed by atoms with van der Waals surface area (Å²) in [6.45, 7) is 3.57. The van der Waals surface area contributed by atoms with Crippen molar-refractivity contribution in [3.8, 4) is 0 Å². The average molecular weight is 425 g/mol. The first-order valence-electron chi connectivity index (χ1n) is 11.4. The molecule has 1 unspecified atom stereocenters. The van der Waals surface area contributed by atoms with Gasteiger partial charge in [-0.2, -0.15) is 11.3 Å².